The first-order valence-electron chi connectivity index (χ1n) is 12.3. The number of epoxide rings is 3. The van der Waals surface area contributed by atoms with Crippen molar-refractivity contribution in [3.63, 3.8) is 0 Å². The van der Waals surface area contributed by atoms with Gasteiger partial charge in [0, 0.05) is 11.0 Å². The molecule has 2 spiro atoms. The van der Waals surface area contributed by atoms with Crippen molar-refractivity contribution in [1.82, 2.24) is 0 Å². The number of ether oxygens (including phenoxy) is 5. The topological polar surface area (TPSA) is 140 Å². The zero-order valence-corrected chi connectivity index (χ0v) is 20.6. The van der Waals surface area contributed by atoms with Crippen LogP contribution in [0, 0.1) is 17.3 Å². The number of rotatable bonds is 6. The summed E-state index contributed by atoms with van der Waals surface area (Å²) in [4.78, 5) is 31.2. The summed E-state index contributed by atoms with van der Waals surface area (Å²) >= 11 is 0. The van der Waals surface area contributed by atoms with Crippen LogP contribution in [0.1, 0.15) is 53.4 Å². The molecule has 0 bridgehead atoms. The Labute approximate surface area is 197 Å². The van der Waals surface area contributed by atoms with E-state index in [0.717, 1.165) is 24.0 Å². The molecule has 0 aromatic carbocycles. The van der Waals surface area contributed by atoms with E-state index in [0.29, 0.717) is 13.0 Å². The van der Waals surface area contributed by atoms with Crippen LogP contribution in [0.15, 0.2) is 11.1 Å². The van der Waals surface area contributed by atoms with Crippen LogP contribution in [0.2, 0.25) is 0 Å². The highest BCUT2D eigenvalue weighted by Gasteiger charge is 3.00. The molecule has 188 valence electrons. The van der Waals surface area contributed by atoms with Crippen molar-refractivity contribution < 1.29 is 47.4 Å². The lowest BCUT2D eigenvalue weighted by Gasteiger charge is -2.54. The fourth-order valence-corrected chi connectivity index (χ4v) is 8.88. The average molecular weight is 498 g/mol. The smallest absolute Gasteiger partial charge is 0.458 e. The van der Waals surface area contributed by atoms with E-state index >= 15 is 0 Å². The molecule has 5 fully saturated rings. The van der Waals surface area contributed by atoms with Gasteiger partial charge in [0.05, 0.1) is 6.10 Å². The molecule has 0 amide bonds. The van der Waals surface area contributed by atoms with Gasteiger partial charge in [-0.2, -0.15) is 0 Å². The normalized spacial score (nSPS) is 52.6. The summed E-state index contributed by atoms with van der Waals surface area (Å²) in [6.45, 7) is 8.46. The summed E-state index contributed by atoms with van der Waals surface area (Å²) in [6, 6.07) is 0. The first-order valence-corrected chi connectivity index (χ1v) is 13.8. The first-order chi connectivity index (χ1) is 16.0. The molecular weight excluding hydrogens is 467 g/mol. The van der Waals surface area contributed by atoms with Gasteiger partial charge in [0.1, 0.15) is 36.1 Å². The van der Waals surface area contributed by atoms with Crippen molar-refractivity contribution in [3.05, 3.63) is 11.1 Å². The summed E-state index contributed by atoms with van der Waals surface area (Å²) in [6.07, 6.45) is 0.187. The van der Waals surface area contributed by atoms with Crippen LogP contribution in [0.5, 0.6) is 0 Å². The van der Waals surface area contributed by atoms with Crippen molar-refractivity contribution in [2.24, 2.45) is 17.3 Å². The molecule has 10 atom stereocenters. The lowest BCUT2D eigenvalue weighted by atomic mass is 9.46. The number of esters is 1. The van der Waals surface area contributed by atoms with Crippen LogP contribution in [0.4, 0.5) is 0 Å². The number of hydrogen-bond donors (Lipinski definition) is 2. The van der Waals surface area contributed by atoms with Crippen LogP contribution in [0.3, 0.4) is 0 Å². The molecule has 0 radical (unpaired) electrons. The Morgan fingerprint density at radius 2 is 1.97 bits per heavy atom. The molecule has 0 aromatic rings. The lowest BCUT2D eigenvalue weighted by molar-refractivity contribution is -0.198. The molecule has 0 aromatic heterocycles. The van der Waals surface area contributed by atoms with Gasteiger partial charge in [-0.25, -0.2) is 9.36 Å². The minimum Gasteiger partial charge on any atom is -0.458 e. The van der Waals surface area contributed by atoms with E-state index in [1.807, 2.05) is 0 Å². The molecule has 7 rings (SSSR count). The molecular formula is C23H31O10P. The van der Waals surface area contributed by atoms with E-state index in [1.54, 1.807) is 6.92 Å². The number of carbonyl (C=O) groups excluding carboxylic acids is 1. The first kappa shape index (κ1) is 22.4. The Balaban J connectivity index is 1.31. The van der Waals surface area contributed by atoms with Crippen LogP contribution >= 0.6 is 7.82 Å². The highest BCUT2D eigenvalue weighted by Crippen LogP contribution is 2.83. The largest absolute Gasteiger partial charge is 0.471 e. The molecule has 10 nitrogen and oxygen atoms in total. The third-order valence-corrected chi connectivity index (χ3v) is 10.5. The number of hydrogen-bond acceptors (Lipinski definition) is 8. The minimum absolute atomic E-state index is 0.0727. The van der Waals surface area contributed by atoms with E-state index in [1.165, 1.54) is 0 Å². The van der Waals surface area contributed by atoms with Crippen LogP contribution in [0.25, 0.3) is 0 Å². The Morgan fingerprint density at radius 1 is 1.21 bits per heavy atom. The number of carbonyl (C=O) groups is 1. The lowest BCUT2D eigenvalue weighted by Crippen LogP contribution is -2.70. The van der Waals surface area contributed by atoms with E-state index in [2.05, 4.69) is 20.8 Å². The molecule has 2 N–H and O–H groups in total. The van der Waals surface area contributed by atoms with Gasteiger partial charge in [0.25, 0.3) is 0 Å². The van der Waals surface area contributed by atoms with E-state index in [4.69, 9.17) is 28.2 Å². The van der Waals surface area contributed by atoms with E-state index in [-0.39, 0.29) is 48.0 Å². The Morgan fingerprint density at radius 3 is 2.65 bits per heavy atom. The predicted molar refractivity (Wildman–Crippen MR) is 113 cm³/mol. The number of fused-ring (bicyclic) bond motifs is 4. The van der Waals surface area contributed by atoms with Gasteiger partial charge in [-0.15, -0.1) is 0 Å². The van der Waals surface area contributed by atoms with Gasteiger partial charge in [0.15, 0.2) is 11.9 Å². The number of phosphoric acid groups is 1. The second kappa shape index (κ2) is 6.34. The van der Waals surface area contributed by atoms with Gasteiger partial charge in [-0.05, 0) is 43.1 Å². The number of phosphoric ester groups is 1. The second-order valence-electron chi connectivity index (χ2n) is 11.5. The summed E-state index contributed by atoms with van der Waals surface area (Å²) in [7, 11) is -4.75. The SMILES string of the molecule is CCC(O[C@@H]1[C@@]2(C(C)C)O[C@H]2[C@@H]2O[C@@]23[C@@]2(C)CCC4=C(COC4=O)[C@@H]2CC2O[C@]213)OP(=O)(O)O. The predicted octanol–water partition coefficient (Wildman–Crippen LogP) is 1.97. The molecule has 3 saturated heterocycles. The summed E-state index contributed by atoms with van der Waals surface area (Å²) in [5, 5.41) is 0. The maximum absolute atomic E-state index is 12.3. The zero-order valence-electron chi connectivity index (χ0n) is 19.7. The standard InChI is InChI=1S/C23H31O10P/c1-5-15(33-34(25,26)27)29-19-21(10(2)3)16(31-21)17-23(32-17)20(4)7-6-11-12(9-28-18(11)24)13(20)8-14-22(19,23)30-14/h10,13-17,19H,5-9H2,1-4H3,(H2,25,26,27)/t13-,14?,15?,16-,17-,19+,20-,21-,22+,23+/m0/s1. The van der Waals surface area contributed by atoms with Crippen molar-refractivity contribution in [2.75, 3.05) is 6.61 Å². The van der Waals surface area contributed by atoms with Gasteiger partial charge < -0.3 is 33.5 Å². The van der Waals surface area contributed by atoms with Gasteiger partial charge in [-0.3, -0.25) is 4.52 Å². The maximum Gasteiger partial charge on any atom is 0.471 e. The minimum atomic E-state index is -4.75. The summed E-state index contributed by atoms with van der Waals surface area (Å²) < 4.78 is 48.1. The quantitative estimate of drug-likeness (QED) is 0.242. The summed E-state index contributed by atoms with van der Waals surface area (Å²) in [5.74, 6) is -0.0258. The van der Waals surface area contributed by atoms with Crippen LogP contribution < -0.4 is 0 Å². The molecule has 4 aliphatic heterocycles. The molecule has 34 heavy (non-hydrogen) atoms. The van der Waals surface area contributed by atoms with Gasteiger partial charge in [-0.1, -0.05) is 27.7 Å². The van der Waals surface area contributed by atoms with Crippen LogP contribution in [-0.4, -0.2) is 69.9 Å². The number of cyclic esters (lactones) is 1. The average Bonchev–Trinajstić information content (AvgIpc) is 3.65. The zero-order chi connectivity index (χ0) is 24.1. The molecule has 7 aliphatic rings. The van der Waals surface area contributed by atoms with Crippen molar-refractivity contribution in [1.29, 1.82) is 0 Å². The van der Waals surface area contributed by atoms with Gasteiger partial charge >= 0.3 is 13.8 Å². The Kier molecular flexibility index (Phi) is 4.17. The fraction of sp³-hybridized carbons (Fsp3) is 0.870. The molecule has 4 heterocycles. The van der Waals surface area contributed by atoms with E-state index < -0.39 is 37.0 Å². The van der Waals surface area contributed by atoms with Crippen molar-refractivity contribution in [2.45, 2.75) is 101 Å². The Hall–Kier alpha value is -0.840. The van der Waals surface area contributed by atoms with Crippen LogP contribution in [-0.2, 0) is 37.6 Å². The van der Waals surface area contributed by atoms with Crippen molar-refractivity contribution in [3.8, 4) is 0 Å². The third-order valence-electron chi connectivity index (χ3n) is 9.94. The highest BCUT2D eigenvalue weighted by molar-refractivity contribution is 7.46. The van der Waals surface area contributed by atoms with E-state index in [9.17, 15) is 19.1 Å². The Bertz CT molecular complexity index is 1070. The molecule has 2 unspecified atom stereocenters. The van der Waals surface area contributed by atoms with Crippen molar-refractivity contribution >= 4 is 13.8 Å². The molecule has 11 heteroatoms. The molecule has 2 saturated carbocycles. The van der Waals surface area contributed by atoms with Gasteiger partial charge in [0.2, 0.25) is 0 Å². The monoisotopic (exact) mass is 498 g/mol. The highest BCUT2D eigenvalue weighted by atomic mass is 31.2. The second-order valence-corrected chi connectivity index (χ2v) is 12.6. The third kappa shape index (κ3) is 2.34. The maximum atomic E-state index is 12.3. The molecule has 3 aliphatic carbocycles. The summed E-state index contributed by atoms with van der Waals surface area (Å²) in [5.41, 5.74) is -0.513. The fourth-order valence-electron chi connectivity index (χ4n) is 8.37.